The molecule has 0 fully saturated rings. The highest BCUT2D eigenvalue weighted by Crippen LogP contribution is 2.29. The zero-order chi connectivity index (χ0) is 8.72. The Morgan fingerprint density at radius 3 is 2.50 bits per heavy atom. The number of phenolic OH excluding ortho intramolecular Hbond substituents is 2. The van der Waals surface area contributed by atoms with E-state index in [1.807, 2.05) is 0 Å². The third-order valence-electron chi connectivity index (χ3n) is 1.77. The summed E-state index contributed by atoms with van der Waals surface area (Å²) in [4.78, 5) is 0. The smallest absolute Gasteiger partial charge is 0.159 e. The average Bonchev–Trinajstić information content (AvgIpc) is 2.35. The summed E-state index contributed by atoms with van der Waals surface area (Å²) in [6, 6.07) is 4.32. The van der Waals surface area contributed by atoms with Gasteiger partial charge in [0.15, 0.2) is 11.5 Å². The summed E-state index contributed by atoms with van der Waals surface area (Å²) in [5.41, 5.74) is 0.463. The van der Waals surface area contributed by atoms with Crippen molar-refractivity contribution in [3.8, 4) is 11.5 Å². The van der Waals surface area contributed by atoms with E-state index in [2.05, 4.69) is 0 Å². The number of aromatic nitrogens is 1. The number of phenols is 2. The van der Waals surface area contributed by atoms with Gasteiger partial charge >= 0.3 is 0 Å². The Bertz CT molecular complexity index is 433. The first-order valence-electron chi connectivity index (χ1n) is 3.41. The lowest BCUT2D eigenvalue weighted by Crippen LogP contribution is -1.84. The van der Waals surface area contributed by atoms with E-state index in [9.17, 15) is 0 Å². The monoisotopic (exact) mass is 165 g/mol. The van der Waals surface area contributed by atoms with Crippen LogP contribution in [-0.4, -0.2) is 20.2 Å². The largest absolute Gasteiger partial charge is 0.504 e. The van der Waals surface area contributed by atoms with Gasteiger partial charge in [0.1, 0.15) is 0 Å². The van der Waals surface area contributed by atoms with E-state index in [0.717, 1.165) is 4.73 Å². The maximum Gasteiger partial charge on any atom is 0.159 e. The standard InChI is InChI=1S/C8H7NO3/c10-7-3-5-1-2-9(12)6(5)4-8(7)11/h1-4,10-12H. The Hall–Kier alpha value is -1.84. The van der Waals surface area contributed by atoms with Crippen molar-refractivity contribution in [2.24, 2.45) is 0 Å². The highest BCUT2D eigenvalue weighted by atomic mass is 16.5. The van der Waals surface area contributed by atoms with E-state index in [4.69, 9.17) is 15.4 Å². The lowest BCUT2D eigenvalue weighted by Gasteiger charge is -1.98. The van der Waals surface area contributed by atoms with Crippen LogP contribution in [0, 0.1) is 0 Å². The first-order chi connectivity index (χ1) is 5.68. The fourth-order valence-electron chi connectivity index (χ4n) is 1.15. The highest BCUT2D eigenvalue weighted by Gasteiger charge is 2.04. The van der Waals surface area contributed by atoms with E-state index >= 15 is 0 Å². The fourth-order valence-corrected chi connectivity index (χ4v) is 1.15. The lowest BCUT2D eigenvalue weighted by molar-refractivity contribution is 0.200. The Balaban J connectivity index is 2.87. The zero-order valence-corrected chi connectivity index (χ0v) is 6.10. The molecule has 1 heterocycles. The quantitative estimate of drug-likeness (QED) is 0.407. The molecular formula is C8H7NO3. The van der Waals surface area contributed by atoms with Crippen molar-refractivity contribution in [1.29, 1.82) is 0 Å². The van der Waals surface area contributed by atoms with Crippen molar-refractivity contribution in [1.82, 2.24) is 4.73 Å². The van der Waals surface area contributed by atoms with Gasteiger partial charge in [-0.2, -0.15) is 4.73 Å². The number of aromatic hydroxyl groups is 2. The van der Waals surface area contributed by atoms with Gasteiger partial charge < -0.3 is 15.4 Å². The Morgan fingerprint density at radius 1 is 1.08 bits per heavy atom. The number of nitrogens with zero attached hydrogens (tertiary/aromatic N) is 1. The first kappa shape index (κ1) is 6.84. The summed E-state index contributed by atoms with van der Waals surface area (Å²) in [7, 11) is 0. The van der Waals surface area contributed by atoms with Gasteiger partial charge in [0.05, 0.1) is 5.52 Å². The second kappa shape index (κ2) is 2.07. The van der Waals surface area contributed by atoms with Gasteiger partial charge in [-0.25, -0.2) is 0 Å². The molecule has 2 rings (SSSR count). The summed E-state index contributed by atoms with van der Waals surface area (Å²) in [5, 5.41) is 28.0. The molecule has 0 aliphatic carbocycles. The Kier molecular flexibility index (Phi) is 1.18. The van der Waals surface area contributed by atoms with E-state index in [1.165, 1.54) is 18.3 Å². The Morgan fingerprint density at radius 2 is 1.75 bits per heavy atom. The van der Waals surface area contributed by atoms with E-state index in [-0.39, 0.29) is 11.5 Å². The number of fused-ring (bicyclic) bond motifs is 1. The molecule has 0 saturated carbocycles. The molecule has 4 heteroatoms. The summed E-state index contributed by atoms with van der Waals surface area (Å²) in [5.74, 6) is -0.426. The second-order valence-electron chi connectivity index (χ2n) is 2.56. The van der Waals surface area contributed by atoms with Gasteiger partial charge in [0.25, 0.3) is 0 Å². The molecule has 3 N–H and O–H groups in total. The van der Waals surface area contributed by atoms with E-state index in [1.54, 1.807) is 6.07 Å². The molecule has 2 aromatic rings. The molecule has 0 aliphatic heterocycles. The third-order valence-corrected chi connectivity index (χ3v) is 1.77. The number of rotatable bonds is 0. The van der Waals surface area contributed by atoms with E-state index in [0.29, 0.717) is 10.9 Å². The minimum Gasteiger partial charge on any atom is -0.504 e. The number of hydrogen-bond donors (Lipinski definition) is 3. The SMILES string of the molecule is Oc1cc2ccn(O)c2cc1O. The molecule has 1 aromatic heterocycles. The molecule has 0 aliphatic rings. The fraction of sp³-hybridized carbons (Fsp3) is 0. The van der Waals surface area contributed by atoms with Crippen LogP contribution in [0.25, 0.3) is 10.9 Å². The number of benzene rings is 1. The van der Waals surface area contributed by atoms with Crippen LogP contribution >= 0.6 is 0 Å². The van der Waals surface area contributed by atoms with Gasteiger partial charge in [-0.1, -0.05) is 0 Å². The topological polar surface area (TPSA) is 65.6 Å². The van der Waals surface area contributed by atoms with Crippen molar-refractivity contribution in [3.05, 3.63) is 24.4 Å². The third kappa shape index (κ3) is 0.780. The predicted octanol–water partition coefficient (Wildman–Crippen LogP) is 1.29. The molecule has 0 atom stereocenters. The van der Waals surface area contributed by atoms with Crippen LogP contribution in [0.1, 0.15) is 0 Å². The molecule has 0 bridgehead atoms. The molecule has 0 radical (unpaired) electrons. The van der Waals surface area contributed by atoms with Crippen LogP contribution in [0.3, 0.4) is 0 Å². The van der Waals surface area contributed by atoms with Crippen LogP contribution in [-0.2, 0) is 0 Å². The summed E-state index contributed by atoms with van der Waals surface area (Å²) in [6.45, 7) is 0. The summed E-state index contributed by atoms with van der Waals surface area (Å²) >= 11 is 0. The van der Waals surface area contributed by atoms with E-state index < -0.39 is 0 Å². The van der Waals surface area contributed by atoms with Crippen LogP contribution in [0.4, 0.5) is 0 Å². The van der Waals surface area contributed by atoms with Crippen molar-refractivity contribution < 1.29 is 15.4 Å². The van der Waals surface area contributed by atoms with Gasteiger partial charge in [-0.15, -0.1) is 0 Å². The first-order valence-corrected chi connectivity index (χ1v) is 3.41. The average molecular weight is 165 g/mol. The van der Waals surface area contributed by atoms with Crippen molar-refractivity contribution in [3.63, 3.8) is 0 Å². The van der Waals surface area contributed by atoms with Gasteiger partial charge in [-0.05, 0) is 12.1 Å². The molecule has 0 unspecified atom stereocenters. The second-order valence-corrected chi connectivity index (χ2v) is 2.56. The molecule has 12 heavy (non-hydrogen) atoms. The molecule has 0 spiro atoms. The molecular weight excluding hydrogens is 158 g/mol. The van der Waals surface area contributed by atoms with Crippen molar-refractivity contribution >= 4 is 10.9 Å². The minimum absolute atomic E-state index is 0.186. The van der Waals surface area contributed by atoms with Crippen LogP contribution in [0.15, 0.2) is 24.4 Å². The Labute approximate surface area is 67.9 Å². The molecule has 0 amide bonds. The predicted molar refractivity (Wildman–Crippen MR) is 42.5 cm³/mol. The van der Waals surface area contributed by atoms with Gasteiger partial charge in [-0.3, -0.25) is 0 Å². The normalized spacial score (nSPS) is 10.7. The van der Waals surface area contributed by atoms with Crippen LogP contribution < -0.4 is 0 Å². The molecule has 62 valence electrons. The van der Waals surface area contributed by atoms with Crippen LogP contribution in [0.5, 0.6) is 11.5 Å². The summed E-state index contributed by atoms with van der Waals surface area (Å²) < 4.78 is 0.883. The minimum atomic E-state index is -0.239. The lowest BCUT2D eigenvalue weighted by atomic mass is 10.2. The van der Waals surface area contributed by atoms with Crippen molar-refractivity contribution in [2.45, 2.75) is 0 Å². The summed E-state index contributed by atoms with van der Waals surface area (Å²) in [6.07, 6.45) is 1.43. The van der Waals surface area contributed by atoms with Crippen molar-refractivity contribution in [2.75, 3.05) is 0 Å². The maximum atomic E-state index is 9.15. The van der Waals surface area contributed by atoms with Gasteiger partial charge in [0, 0.05) is 17.6 Å². The molecule has 0 saturated heterocycles. The molecule has 4 nitrogen and oxygen atoms in total. The zero-order valence-electron chi connectivity index (χ0n) is 6.10. The van der Waals surface area contributed by atoms with Gasteiger partial charge in [0.2, 0.25) is 0 Å². The van der Waals surface area contributed by atoms with Crippen LogP contribution in [0.2, 0.25) is 0 Å². The number of hydrogen-bond acceptors (Lipinski definition) is 3. The maximum absolute atomic E-state index is 9.15. The highest BCUT2D eigenvalue weighted by molar-refractivity contribution is 5.83. The molecule has 1 aromatic carbocycles.